The van der Waals surface area contributed by atoms with Gasteiger partial charge in [0.2, 0.25) is 0 Å². The van der Waals surface area contributed by atoms with Crippen molar-refractivity contribution in [2.24, 2.45) is 0 Å². The van der Waals surface area contributed by atoms with Gasteiger partial charge < -0.3 is 24.5 Å². The number of nitrogens with zero attached hydrogens (tertiary/aromatic N) is 6. The SMILES string of the molecule is CN1CCN(c2cc(Nc3cnc4[nH]cc(-c5ccc6nccn6c5)c4c3)ccn2)CC1. The van der Waals surface area contributed by atoms with Gasteiger partial charge in [0.1, 0.15) is 17.1 Å². The number of anilines is 3. The van der Waals surface area contributed by atoms with Gasteiger partial charge >= 0.3 is 0 Å². The summed E-state index contributed by atoms with van der Waals surface area (Å²) in [6.45, 7) is 4.10. The maximum absolute atomic E-state index is 4.63. The molecule has 0 aliphatic carbocycles. The maximum atomic E-state index is 4.63. The lowest BCUT2D eigenvalue weighted by molar-refractivity contribution is 0.312. The van der Waals surface area contributed by atoms with Crippen LogP contribution in [-0.2, 0) is 0 Å². The van der Waals surface area contributed by atoms with Crippen LogP contribution in [0.2, 0.25) is 0 Å². The molecule has 0 amide bonds. The van der Waals surface area contributed by atoms with E-state index in [1.54, 1.807) is 0 Å². The minimum Gasteiger partial charge on any atom is -0.354 e. The molecular formula is C24H24N8. The quantitative estimate of drug-likeness (QED) is 0.457. The van der Waals surface area contributed by atoms with Crippen molar-refractivity contribution in [3.63, 3.8) is 0 Å². The molecule has 0 atom stereocenters. The minimum absolute atomic E-state index is 0.865. The predicted octanol–water partition coefficient (Wildman–Crippen LogP) is 3.77. The summed E-state index contributed by atoms with van der Waals surface area (Å²) < 4.78 is 2.03. The topological polar surface area (TPSA) is 77.4 Å². The van der Waals surface area contributed by atoms with Crippen LogP contribution in [0.1, 0.15) is 0 Å². The van der Waals surface area contributed by atoms with Gasteiger partial charge in [0.25, 0.3) is 0 Å². The van der Waals surface area contributed by atoms with E-state index in [0.717, 1.165) is 71.2 Å². The van der Waals surface area contributed by atoms with Crippen LogP contribution < -0.4 is 10.2 Å². The molecule has 0 aromatic carbocycles. The minimum atomic E-state index is 0.865. The first-order valence-electron chi connectivity index (χ1n) is 10.8. The Kier molecular flexibility index (Phi) is 4.50. The number of aromatic nitrogens is 5. The molecule has 1 saturated heterocycles. The highest BCUT2D eigenvalue weighted by Crippen LogP contribution is 2.31. The van der Waals surface area contributed by atoms with Crippen LogP contribution in [0.25, 0.3) is 27.8 Å². The molecule has 6 heterocycles. The van der Waals surface area contributed by atoms with E-state index in [4.69, 9.17) is 0 Å². The van der Waals surface area contributed by atoms with Crippen molar-refractivity contribution in [3.05, 3.63) is 67.5 Å². The molecule has 6 rings (SSSR count). The number of rotatable bonds is 4. The smallest absolute Gasteiger partial charge is 0.138 e. The van der Waals surface area contributed by atoms with E-state index in [-0.39, 0.29) is 0 Å². The van der Waals surface area contributed by atoms with Gasteiger partial charge in [-0.15, -0.1) is 0 Å². The zero-order valence-corrected chi connectivity index (χ0v) is 17.9. The first kappa shape index (κ1) is 18.8. The third kappa shape index (κ3) is 3.44. The summed E-state index contributed by atoms with van der Waals surface area (Å²) in [5, 5.41) is 4.58. The average molecular weight is 425 g/mol. The van der Waals surface area contributed by atoms with Crippen molar-refractivity contribution < 1.29 is 0 Å². The fourth-order valence-corrected chi connectivity index (χ4v) is 4.26. The molecule has 0 spiro atoms. The van der Waals surface area contributed by atoms with Crippen molar-refractivity contribution in [1.29, 1.82) is 0 Å². The Bertz CT molecular complexity index is 1390. The predicted molar refractivity (Wildman–Crippen MR) is 128 cm³/mol. The van der Waals surface area contributed by atoms with Gasteiger partial charge in [-0.05, 0) is 31.3 Å². The number of pyridine rings is 3. The molecule has 32 heavy (non-hydrogen) atoms. The Morgan fingerprint density at radius 1 is 0.938 bits per heavy atom. The lowest BCUT2D eigenvalue weighted by Gasteiger charge is -2.33. The molecule has 5 aromatic heterocycles. The molecule has 0 bridgehead atoms. The van der Waals surface area contributed by atoms with E-state index in [2.05, 4.69) is 66.5 Å². The van der Waals surface area contributed by atoms with Crippen molar-refractivity contribution >= 4 is 33.9 Å². The third-order valence-corrected chi connectivity index (χ3v) is 6.09. The lowest BCUT2D eigenvalue weighted by atomic mass is 10.1. The van der Waals surface area contributed by atoms with Crippen molar-refractivity contribution in [2.75, 3.05) is 43.4 Å². The molecule has 1 aliphatic heterocycles. The van der Waals surface area contributed by atoms with E-state index in [1.807, 2.05) is 47.5 Å². The summed E-state index contributed by atoms with van der Waals surface area (Å²) >= 11 is 0. The lowest BCUT2D eigenvalue weighted by Crippen LogP contribution is -2.44. The fourth-order valence-electron chi connectivity index (χ4n) is 4.26. The molecule has 0 unspecified atom stereocenters. The van der Waals surface area contributed by atoms with Gasteiger partial charge in [-0.1, -0.05) is 0 Å². The van der Waals surface area contributed by atoms with E-state index >= 15 is 0 Å². The molecule has 8 heteroatoms. The average Bonchev–Trinajstić information content (AvgIpc) is 3.46. The second kappa shape index (κ2) is 7.65. The van der Waals surface area contributed by atoms with Crippen molar-refractivity contribution in [1.82, 2.24) is 29.2 Å². The van der Waals surface area contributed by atoms with Gasteiger partial charge in [-0.2, -0.15) is 0 Å². The van der Waals surface area contributed by atoms with Crippen LogP contribution in [-0.4, -0.2) is 62.5 Å². The Balaban J connectivity index is 1.30. The Morgan fingerprint density at radius 2 is 1.84 bits per heavy atom. The number of fused-ring (bicyclic) bond motifs is 2. The summed E-state index contributed by atoms with van der Waals surface area (Å²) in [5.74, 6) is 1.01. The van der Waals surface area contributed by atoms with Gasteiger partial charge in [0, 0.05) is 85.4 Å². The van der Waals surface area contributed by atoms with Crippen LogP contribution in [0.3, 0.4) is 0 Å². The number of H-pyrrole nitrogens is 1. The summed E-state index contributed by atoms with van der Waals surface area (Å²) in [4.78, 5) is 21.5. The molecule has 8 nitrogen and oxygen atoms in total. The van der Waals surface area contributed by atoms with Crippen LogP contribution in [0.4, 0.5) is 17.2 Å². The highest BCUT2D eigenvalue weighted by molar-refractivity contribution is 5.95. The number of piperazine rings is 1. The Hall–Kier alpha value is -3.91. The number of hydrogen-bond acceptors (Lipinski definition) is 6. The second-order valence-electron chi connectivity index (χ2n) is 8.25. The van der Waals surface area contributed by atoms with E-state index in [1.165, 1.54) is 0 Å². The Morgan fingerprint density at radius 3 is 2.75 bits per heavy atom. The summed E-state index contributed by atoms with van der Waals surface area (Å²) in [7, 11) is 2.16. The number of nitrogens with one attached hydrogen (secondary N) is 2. The molecule has 1 aliphatic rings. The van der Waals surface area contributed by atoms with Crippen molar-refractivity contribution in [2.45, 2.75) is 0 Å². The van der Waals surface area contributed by atoms with Gasteiger partial charge in [0.15, 0.2) is 0 Å². The first-order valence-corrected chi connectivity index (χ1v) is 10.8. The molecule has 5 aromatic rings. The fraction of sp³-hybridized carbons (Fsp3) is 0.208. The largest absolute Gasteiger partial charge is 0.354 e. The molecule has 160 valence electrons. The standard InChI is InChI=1S/C24H24N8/c1-30-8-10-31(11-9-30)23-13-18(4-5-25-23)29-19-12-20-21(15-28-24(20)27-14-19)17-2-3-22-26-6-7-32(22)16-17/h2-7,12-16H,8-11H2,1H3,(H,25,29)(H,27,28). The molecular weight excluding hydrogens is 400 g/mol. The zero-order chi connectivity index (χ0) is 21.5. The van der Waals surface area contributed by atoms with Crippen molar-refractivity contribution in [3.8, 4) is 11.1 Å². The zero-order valence-electron chi connectivity index (χ0n) is 17.9. The molecule has 0 radical (unpaired) electrons. The number of hydrogen-bond donors (Lipinski definition) is 2. The van der Waals surface area contributed by atoms with Crippen LogP contribution in [0, 0.1) is 0 Å². The summed E-state index contributed by atoms with van der Waals surface area (Å²) in [5.41, 5.74) is 5.97. The molecule has 2 N–H and O–H groups in total. The monoisotopic (exact) mass is 424 g/mol. The highest BCUT2D eigenvalue weighted by atomic mass is 15.3. The highest BCUT2D eigenvalue weighted by Gasteiger charge is 2.16. The summed E-state index contributed by atoms with van der Waals surface area (Å²) in [6.07, 6.45) is 11.6. The third-order valence-electron chi connectivity index (χ3n) is 6.09. The summed E-state index contributed by atoms with van der Waals surface area (Å²) in [6, 6.07) is 10.4. The normalized spacial score (nSPS) is 15.0. The maximum Gasteiger partial charge on any atom is 0.138 e. The van der Waals surface area contributed by atoms with Gasteiger partial charge in [-0.25, -0.2) is 15.0 Å². The molecule has 0 saturated carbocycles. The van der Waals surface area contributed by atoms with Gasteiger partial charge in [-0.3, -0.25) is 0 Å². The number of aromatic amines is 1. The molecule has 1 fully saturated rings. The van der Waals surface area contributed by atoms with Gasteiger partial charge in [0.05, 0.1) is 11.9 Å². The first-order chi connectivity index (χ1) is 15.7. The number of likely N-dealkylation sites (N-methyl/N-ethyl adjacent to an activating group) is 1. The van der Waals surface area contributed by atoms with Crippen LogP contribution >= 0.6 is 0 Å². The number of imidazole rings is 1. The van der Waals surface area contributed by atoms with E-state index in [0.29, 0.717) is 0 Å². The Labute approximate surface area is 185 Å². The van der Waals surface area contributed by atoms with Crippen LogP contribution in [0.5, 0.6) is 0 Å². The van der Waals surface area contributed by atoms with E-state index in [9.17, 15) is 0 Å². The second-order valence-corrected chi connectivity index (χ2v) is 8.25. The van der Waals surface area contributed by atoms with Crippen LogP contribution in [0.15, 0.2) is 67.5 Å². The van der Waals surface area contributed by atoms with E-state index < -0.39 is 0 Å².